The van der Waals surface area contributed by atoms with Gasteiger partial charge in [0.15, 0.2) is 6.61 Å². The summed E-state index contributed by atoms with van der Waals surface area (Å²) >= 11 is 3.26. The molecule has 1 aromatic heterocycles. The number of nitrogens with zero attached hydrogens (tertiary/aromatic N) is 2. The van der Waals surface area contributed by atoms with Crippen LogP contribution in [0.1, 0.15) is 16.1 Å². The number of rotatable bonds is 4. The topological polar surface area (TPSA) is 96.2 Å². The molecular formula is C15H13BrN4O3. The van der Waals surface area contributed by atoms with Crippen molar-refractivity contribution in [2.24, 2.45) is 7.05 Å². The number of carbonyl (C=O) groups excluding carboxylic acids is 2. The van der Waals surface area contributed by atoms with Gasteiger partial charge in [0.25, 0.3) is 11.8 Å². The molecule has 0 aliphatic carbocycles. The molecule has 0 radical (unpaired) electrons. The molecule has 8 heteroatoms. The molecular weight excluding hydrogens is 364 g/mol. The van der Waals surface area contributed by atoms with E-state index in [0.29, 0.717) is 17.0 Å². The average Bonchev–Trinajstić information content (AvgIpc) is 2.89. The van der Waals surface area contributed by atoms with E-state index in [1.54, 1.807) is 48.1 Å². The van der Waals surface area contributed by atoms with E-state index in [1.165, 1.54) is 0 Å². The molecule has 0 saturated carbocycles. The number of hydrazine groups is 1. The monoisotopic (exact) mass is 376 g/mol. The minimum absolute atomic E-state index is 0.308. The van der Waals surface area contributed by atoms with E-state index in [4.69, 9.17) is 10.00 Å². The van der Waals surface area contributed by atoms with Crippen LogP contribution >= 0.6 is 15.9 Å². The van der Waals surface area contributed by atoms with Crippen molar-refractivity contribution in [2.75, 3.05) is 6.61 Å². The molecule has 7 nitrogen and oxygen atoms in total. The highest BCUT2D eigenvalue weighted by molar-refractivity contribution is 9.10. The van der Waals surface area contributed by atoms with Crippen LogP contribution in [0.15, 0.2) is 41.0 Å². The third-order valence-electron chi connectivity index (χ3n) is 2.89. The molecule has 0 saturated heterocycles. The van der Waals surface area contributed by atoms with Gasteiger partial charge in [-0.05, 0) is 34.1 Å². The van der Waals surface area contributed by atoms with Gasteiger partial charge in [-0.3, -0.25) is 20.4 Å². The number of ether oxygens (including phenoxy) is 1. The van der Waals surface area contributed by atoms with Gasteiger partial charge in [-0.15, -0.1) is 0 Å². The van der Waals surface area contributed by atoms with E-state index < -0.39 is 11.8 Å². The number of aromatic nitrogens is 1. The molecule has 0 fully saturated rings. The maximum Gasteiger partial charge on any atom is 0.286 e. The Balaban J connectivity index is 1.85. The van der Waals surface area contributed by atoms with Crippen molar-refractivity contribution < 1.29 is 14.3 Å². The Kier molecular flexibility index (Phi) is 5.38. The van der Waals surface area contributed by atoms with Crippen molar-refractivity contribution in [3.8, 4) is 11.8 Å². The highest BCUT2D eigenvalue weighted by atomic mass is 79.9. The van der Waals surface area contributed by atoms with Crippen LogP contribution in [0.3, 0.4) is 0 Å². The van der Waals surface area contributed by atoms with Gasteiger partial charge in [-0.1, -0.05) is 12.1 Å². The lowest BCUT2D eigenvalue weighted by Crippen LogP contribution is -2.44. The number of halogens is 1. The molecule has 1 heterocycles. The Bertz CT molecular complexity index is 779. The van der Waals surface area contributed by atoms with Gasteiger partial charge in [-0.25, -0.2) is 0 Å². The molecule has 118 valence electrons. The van der Waals surface area contributed by atoms with Gasteiger partial charge in [0.05, 0.1) is 5.56 Å². The van der Waals surface area contributed by atoms with Crippen LogP contribution in [-0.4, -0.2) is 23.0 Å². The van der Waals surface area contributed by atoms with Gasteiger partial charge in [0.2, 0.25) is 0 Å². The fourth-order valence-electron chi connectivity index (χ4n) is 1.80. The molecule has 0 aliphatic heterocycles. The van der Waals surface area contributed by atoms with Crippen LogP contribution in [0.25, 0.3) is 0 Å². The lowest BCUT2D eigenvalue weighted by atomic mass is 10.2. The summed E-state index contributed by atoms with van der Waals surface area (Å²) in [4.78, 5) is 23.6. The predicted molar refractivity (Wildman–Crippen MR) is 85.4 cm³/mol. The Hall–Kier alpha value is -2.79. The summed E-state index contributed by atoms with van der Waals surface area (Å²) < 4.78 is 7.63. The van der Waals surface area contributed by atoms with Gasteiger partial charge in [0.1, 0.15) is 17.5 Å². The molecule has 0 atom stereocenters. The summed E-state index contributed by atoms with van der Waals surface area (Å²) in [5.74, 6) is -0.689. The second-order valence-electron chi connectivity index (χ2n) is 4.55. The zero-order chi connectivity index (χ0) is 16.8. The Morgan fingerprint density at radius 2 is 2.09 bits per heavy atom. The quantitative estimate of drug-likeness (QED) is 0.790. The number of aryl methyl sites for hydroxylation is 1. The van der Waals surface area contributed by atoms with Crippen molar-refractivity contribution in [3.63, 3.8) is 0 Å². The van der Waals surface area contributed by atoms with Gasteiger partial charge < -0.3 is 9.30 Å². The average molecular weight is 377 g/mol. The number of carbonyl (C=O) groups is 2. The van der Waals surface area contributed by atoms with Crippen LogP contribution in [0.5, 0.6) is 5.75 Å². The Morgan fingerprint density at radius 3 is 2.74 bits per heavy atom. The minimum atomic E-state index is -0.542. The summed E-state index contributed by atoms with van der Waals surface area (Å²) in [6.45, 7) is -0.324. The maximum atomic E-state index is 11.9. The number of nitriles is 1. The largest absolute Gasteiger partial charge is 0.482 e. The maximum absolute atomic E-state index is 11.9. The fourth-order valence-corrected chi connectivity index (χ4v) is 2.33. The van der Waals surface area contributed by atoms with E-state index in [0.717, 1.165) is 4.47 Å². The zero-order valence-electron chi connectivity index (χ0n) is 12.2. The van der Waals surface area contributed by atoms with Crippen molar-refractivity contribution in [1.29, 1.82) is 5.26 Å². The van der Waals surface area contributed by atoms with Crippen molar-refractivity contribution in [2.45, 2.75) is 0 Å². The van der Waals surface area contributed by atoms with E-state index in [2.05, 4.69) is 26.8 Å². The lowest BCUT2D eigenvalue weighted by Gasteiger charge is -2.09. The number of hydrogen-bond acceptors (Lipinski definition) is 4. The standard InChI is InChI=1S/C15H13BrN4O3/c1-20-8-11(16)6-12(20)15(22)19-18-14(21)9-23-13-5-3-2-4-10(13)7-17/h2-6,8H,9H2,1H3,(H,18,21)(H,19,22). The second-order valence-corrected chi connectivity index (χ2v) is 5.47. The third kappa shape index (κ3) is 4.34. The van der Waals surface area contributed by atoms with Crippen LogP contribution in [-0.2, 0) is 11.8 Å². The number of benzene rings is 1. The van der Waals surface area contributed by atoms with E-state index in [1.807, 2.05) is 6.07 Å². The Labute approximate surface area is 140 Å². The fraction of sp³-hybridized carbons (Fsp3) is 0.133. The number of para-hydroxylation sites is 1. The van der Waals surface area contributed by atoms with Crippen LogP contribution in [0.2, 0.25) is 0 Å². The number of hydrogen-bond donors (Lipinski definition) is 2. The van der Waals surface area contributed by atoms with Crippen molar-refractivity contribution in [3.05, 3.63) is 52.3 Å². The second kappa shape index (κ2) is 7.47. The first-order valence-corrected chi connectivity index (χ1v) is 7.33. The number of nitrogens with one attached hydrogen (secondary N) is 2. The minimum Gasteiger partial charge on any atom is -0.482 e. The van der Waals surface area contributed by atoms with E-state index in [-0.39, 0.29) is 6.61 Å². The summed E-state index contributed by atoms with van der Waals surface area (Å²) in [7, 11) is 1.71. The predicted octanol–water partition coefficient (Wildman–Crippen LogP) is 1.50. The zero-order valence-corrected chi connectivity index (χ0v) is 13.8. The lowest BCUT2D eigenvalue weighted by molar-refractivity contribution is -0.123. The normalized spacial score (nSPS) is 9.78. The van der Waals surface area contributed by atoms with Crippen molar-refractivity contribution in [1.82, 2.24) is 15.4 Å². The highest BCUT2D eigenvalue weighted by Crippen LogP contribution is 2.16. The summed E-state index contributed by atoms with van der Waals surface area (Å²) in [5.41, 5.74) is 5.26. The Morgan fingerprint density at radius 1 is 1.35 bits per heavy atom. The van der Waals surface area contributed by atoms with Crippen molar-refractivity contribution >= 4 is 27.7 Å². The van der Waals surface area contributed by atoms with E-state index >= 15 is 0 Å². The molecule has 0 aliphatic rings. The molecule has 2 amide bonds. The first-order chi connectivity index (χ1) is 11.0. The molecule has 2 aromatic rings. The van der Waals surface area contributed by atoms with Crippen LogP contribution < -0.4 is 15.6 Å². The number of amides is 2. The molecule has 23 heavy (non-hydrogen) atoms. The first-order valence-electron chi connectivity index (χ1n) is 6.54. The summed E-state index contributed by atoms with van der Waals surface area (Å²) in [5, 5.41) is 8.92. The molecule has 2 N–H and O–H groups in total. The smallest absolute Gasteiger partial charge is 0.286 e. The summed E-state index contributed by atoms with van der Waals surface area (Å²) in [6.07, 6.45) is 1.72. The summed E-state index contributed by atoms with van der Waals surface area (Å²) in [6, 6.07) is 10.2. The third-order valence-corrected chi connectivity index (χ3v) is 3.32. The molecule has 2 rings (SSSR count). The molecule has 1 aromatic carbocycles. The van der Waals surface area contributed by atoms with Gasteiger partial charge in [-0.2, -0.15) is 5.26 Å². The van der Waals surface area contributed by atoms with Gasteiger partial charge >= 0.3 is 0 Å². The van der Waals surface area contributed by atoms with E-state index in [9.17, 15) is 9.59 Å². The molecule has 0 bridgehead atoms. The molecule has 0 spiro atoms. The highest BCUT2D eigenvalue weighted by Gasteiger charge is 2.12. The SMILES string of the molecule is Cn1cc(Br)cc1C(=O)NNC(=O)COc1ccccc1C#N. The first kappa shape index (κ1) is 16.6. The van der Waals surface area contributed by atoms with Gasteiger partial charge in [0, 0.05) is 17.7 Å². The van der Waals surface area contributed by atoms with Crippen LogP contribution in [0, 0.1) is 11.3 Å². The molecule has 0 unspecified atom stereocenters. The van der Waals surface area contributed by atoms with Crippen LogP contribution in [0.4, 0.5) is 0 Å².